The molecule has 0 aliphatic carbocycles. The summed E-state index contributed by atoms with van der Waals surface area (Å²) in [5.74, 6) is -3.22. The molecular weight excluding hydrogens is 303 g/mol. The number of carboxylic acid groups (broad SMARTS) is 1. The van der Waals surface area contributed by atoms with E-state index in [0.717, 1.165) is 24.3 Å². The van der Waals surface area contributed by atoms with E-state index in [1.54, 1.807) is 0 Å². The fraction of sp³-hybridized carbons (Fsp3) is 0.385. The normalized spacial score (nSPS) is 31.5. The number of benzene rings is 1. The quantitative estimate of drug-likeness (QED) is 0.515. The van der Waals surface area contributed by atoms with Gasteiger partial charge in [-0.15, -0.1) is 0 Å². The lowest BCUT2D eigenvalue weighted by Crippen LogP contribution is -2.61. The molecule has 4 N–H and O–H groups in total. The number of carbonyl (C=O) groups excluding carboxylic acids is 1. The van der Waals surface area contributed by atoms with Gasteiger partial charge in [-0.2, -0.15) is 0 Å². The second-order valence-electron chi connectivity index (χ2n) is 4.64. The van der Waals surface area contributed by atoms with Gasteiger partial charge < -0.3 is 29.9 Å². The SMILES string of the molecule is O=C(O[C@H]1[C@H](O)[C@@H](O)[C@H](O)O[C@@H]1C(=O)O)c1ccc(F)cc1. The third kappa shape index (κ3) is 3.22. The number of carboxylic acids is 1. The van der Waals surface area contributed by atoms with Gasteiger partial charge in [-0.25, -0.2) is 14.0 Å². The minimum atomic E-state index is -1.93. The highest BCUT2D eigenvalue weighted by molar-refractivity contribution is 5.89. The Morgan fingerprint density at radius 3 is 2.23 bits per heavy atom. The smallest absolute Gasteiger partial charge is 0.338 e. The maximum atomic E-state index is 12.8. The Bertz CT molecular complexity index is 560. The van der Waals surface area contributed by atoms with Crippen molar-refractivity contribution in [1.29, 1.82) is 0 Å². The van der Waals surface area contributed by atoms with Crippen LogP contribution < -0.4 is 0 Å². The number of esters is 1. The van der Waals surface area contributed by atoms with E-state index in [2.05, 4.69) is 4.74 Å². The number of halogens is 1. The van der Waals surface area contributed by atoms with Crippen LogP contribution in [-0.2, 0) is 14.3 Å². The van der Waals surface area contributed by atoms with Crippen molar-refractivity contribution in [1.82, 2.24) is 0 Å². The molecule has 1 fully saturated rings. The van der Waals surface area contributed by atoms with Crippen LogP contribution in [0, 0.1) is 5.82 Å². The molecule has 1 aromatic rings. The Kier molecular flexibility index (Phi) is 4.71. The second-order valence-corrected chi connectivity index (χ2v) is 4.64. The van der Waals surface area contributed by atoms with Crippen molar-refractivity contribution in [2.24, 2.45) is 0 Å². The molecule has 0 aromatic heterocycles. The Morgan fingerprint density at radius 1 is 1.09 bits per heavy atom. The molecule has 9 heteroatoms. The maximum Gasteiger partial charge on any atom is 0.338 e. The van der Waals surface area contributed by atoms with Crippen molar-refractivity contribution in [3.05, 3.63) is 35.6 Å². The number of carbonyl (C=O) groups is 2. The number of aliphatic hydroxyl groups is 3. The zero-order valence-electron chi connectivity index (χ0n) is 11.0. The highest BCUT2D eigenvalue weighted by Crippen LogP contribution is 2.23. The summed E-state index contributed by atoms with van der Waals surface area (Å²) in [6, 6.07) is 4.21. The molecule has 0 unspecified atom stereocenters. The fourth-order valence-corrected chi connectivity index (χ4v) is 1.96. The van der Waals surface area contributed by atoms with E-state index in [9.17, 15) is 29.3 Å². The van der Waals surface area contributed by atoms with Gasteiger partial charge in [0.15, 0.2) is 18.5 Å². The maximum absolute atomic E-state index is 12.8. The molecule has 1 aliphatic rings. The Hall–Kier alpha value is -2.07. The zero-order valence-corrected chi connectivity index (χ0v) is 11.0. The fourth-order valence-electron chi connectivity index (χ4n) is 1.96. The predicted octanol–water partition coefficient (Wildman–Crippen LogP) is -1.13. The highest BCUT2D eigenvalue weighted by atomic mass is 19.1. The van der Waals surface area contributed by atoms with Crippen molar-refractivity contribution in [2.75, 3.05) is 0 Å². The van der Waals surface area contributed by atoms with Gasteiger partial charge in [-0.1, -0.05) is 0 Å². The largest absolute Gasteiger partial charge is 0.479 e. The number of hydrogen-bond acceptors (Lipinski definition) is 7. The van der Waals surface area contributed by atoms with Crippen LogP contribution in [0.4, 0.5) is 4.39 Å². The summed E-state index contributed by atoms with van der Waals surface area (Å²) >= 11 is 0. The first kappa shape index (κ1) is 16.3. The van der Waals surface area contributed by atoms with Crippen molar-refractivity contribution < 1.29 is 43.9 Å². The third-order valence-corrected chi connectivity index (χ3v) is 3.13. The average molecular weight is 316 g/mol. The topological polar surface area (TPSA) is 134 Å². The van der Waals surface area contributed by atoms with E-state index in [1.807, 2.05) is 0 Å². The predicted molar refractivity (Wildman–Crippen MR) is 66.1 cm³/mol. The Morgan fingerprint density at radius 2 is 1.68 bits per heavy atom. The Balaban J connectivity index is 2.18. The minimum absolute atomic E-state index is 0.0849. The molecule has 1 heterocycles. The number of aliphatic hydroxyl groups excluding tert-OH is 3. The summed E-state index contributed by atoms with van der Waals surface area (Å²) in [5.41, 5.74) is -0.0849. The molecule has 5 atom stereocenters. The van der Waals surface area contributed by atoms with Crippen LogP contribution in [0.2, 0.25) is 0 Å². The second kappa shape index (κ2) is 6.36. The third-order valence-electron chi connectivity index (χ3n) is 3.13. The van der Waals surface area contributed by atoms with E-state index >= 15 is 0 Å². The lowest BCUT2D eigenvalue weighted by molar-refractivity contribution is -0.279. The Labute approximate surface area is 123 Å². The summed E-state index contributed by atoms with van der Waals surface area (Å²) in [7, 11) is 0. The summed E-state index contributed by atoms with van der Waals surface area (Å²) in [4.78, 5) is 22.9. The van der Waals surface area contributed by atoms with Crippen LogP contribution in [-0.4, -0.2) is 63.1 Å². The van der Waals surface area contributed by atoms with Crippen molar-refractivity contribution in [2.45, 2.75) is 30.7 Å². The molecule has 2 rings (SSSR count). The summed E-state index contributed by atoms with van der Waals surface area (Å²) < 4.78 is 22.2. The van der Waals surface area contributed by atoms with E-state index in [1.165, 1.54) is 0 Å². The van der Waals surface area contributed by atoms with Gasteiger partial charge in [0, 0.05) is 0 Å². The molecule has 22 heavy (non-hydrogen) atoms. The van der Waals surface area contributed by atoms with Gasteiger partial charge in [0.2, 0.25) is 0 Å². The van der Waals surface area contributed by atoms with E-state index in [4.69, 9.17) is 9.84 Å². The molecule has 8 nitrogen and oxygen atoms in total. The standard InChI is InChI=1S/C13H13FO8/c14-6-3-1-5(2-4-6)12(19)21-9-7(15)8(16)13(20)22-10(9)11(17)18/h1-4,7-10,13,15-16,20H,(H,17,18)/t7-,8-,9+,10+,13-/m1/s1. The number of rotatable bonds is 3. The van der Waals surface area contributed by atoms with Crippen molar-refractivity contribution >= 4 is 11.9 Å². The average Bonchev–Trinajstić information content (AvgIpc) is 2.47. The van der Waals surface area contributed by atoms with Gasteiger partial charge in [-0.05, 0) is 24.3 Å². The number of hydrogen-bond donors (Lipinski definition) is 4. The molecule has 0 bridgehead atoms. The molecular formula is C13H13FO8. The number of ether oxygens (including phenoxy) is 2. The summed E-state index contributed by atoms with van der Waals surface area (Å²) in [6.07, 6.45) is -9.25. The molecule has 0 radical (unpaired) electrons. The zero-order chi connectivity index (χ0) is 16.4. The van der Waals surface area contributed by atoms with Crippen molar-refractivity contribution in [3.8, 4) is 0 Å². The van der Waals surface area contributed by atoms with Crippen LogP contribution in [0.5, 0.6) is 0 Å². The van der Waals surface area contributed by atoms with E-state index in [0.29, 0.717) is 0 Å². The van der Waals surface area contributed by atoms with Gasteiger partial charge in [0.25, 0.3) is 0 Å². The van der Waals surface area contributed by atoms with E-state index in [-0.39, 0.29) is 5.56 Å². The first-order valence-corrected chi connectivity index (χ1v) is 6.20. The molecule has 120 valence electrons. The van der Waals surface area contributed by atoms with Crippen LogP contribution in [0.1, 0.15) is 10.4 Å². The highest BCUT2D eigenvalue weighted by Gasteiger charge is 2.49. The lowest BCUT2D eigenvalue weighted by atomic mass is 9.98. The number of aliphatic carboxylic acids is 1. The molecule has 0 saturated carbocycles. The molecule has 1 aliphatic heterocycles. The lowest BCUT2D eigenvalue weighted by Gasteiger charge is -2.38. The van der Waals surface area contributed by atoms with Crippen LogP contribution >= 0.6 is 0 Å². The molecule has 0 spiro atoms. The van der Waals surface area contributed by atoms with Crippen molar-refractivity contribution in [3.63, 3.8) is 0 Å². The summed E-state index contributed by atoms with van der Waals surface area (Å²) in [6.45, 7) is 0. The van der Waals surface area contributed by atoms with Crippen LogP contribution in [0.15, 0.2) is 24.3 Å². The van der Waals surface area contributed by atoms with Gasteiger partial charge >= 0.3 is 11.9 Å². The monoisotopic (exact) mass is 316 g/mol. The van der Waals surface area contributed by atoms with E-state index < -0.39 is 48.5 Å². The molecule has 1 saturated heterocycles. The first-order valence-electron chi connectivity index (χ1n) is 6.20. The molecule has 1 aromatic carbocycles. The summed E-state index contributed by atoms with van der Waals surface area (Å²) in [5, 5.41) is 37.5. The minimum Gasteiger partial charge on any atom is -0.479 e. The first-order chi connectivity index (χ1) is 10.3. The van der Waals surface area contributed by atoms with Crippen LogP contribution in [0.25, 0.3) is 0 Å². The molecule has 0 amide bonds. The van der Waals surface area contributed by atoms with Crippen LogP contribution in [0.3, 0.4) is 0 Å². The van der Waals surface area contributed by atoms with Gasteiger partial charge in [-0.3, -0.25) is 0 Å². The van der Waals surface area contributed by atoms with Gasteiger partial charge in [0.1, 0.15) is 18.0 Å². The van der Waals surface area contributed by atoms with Gasteiger partial charge in [0.05, 0.1) is 5.56 Å².